The van der Waals surface area contributed by atoms with Crippen molar-refractivity contribution >= 4 is 10.0 Å². The van der Waals surface area contributed by atoms with Gasteiger partial charge in [-0.2, -0.15) is 5.26 Å². The van der Waals surface area contributed by atoms with Crippen molar-refractivity contribution in [2.24, 2.45) is 5.73 Å². The SMILES string of the molecule is CCC(CN)NS(=O)(=O)c1ccc(C#N)cc1. The molecule has 0 saturated carbocycles. The Hall–Kier alpha value is -1.42. The molecule has 1 rings (SSSR count). The lowest BCUT2D eigenvalue weighted by molar-refractivity contribution is 0.542. The highest BCUT2D eigenvalue weighted by atomic mass is 32.2. The first kappa shape index (κ1) is 13.6. The first-order chi connectivity index (χ1) is 8.03. The molecule has 0 saturated heterocycles. The molecule has 92 valence electrons. The third-order valence-electron chi connectivity index (χ3n) is 2.39. The maximum Gasteiger partial charge on any atom is 0.240 e. The van der Waals surface area contributed by atoms with Crippen molar-refractivity contribution in [1.29, 1.82) is 5.26 Å². The molecule has 0 aromatic heterocycles. The van der Waals surface area contributed by atoms with Gasteiger partial charge in [0.05, 0.1) is 16.5 Å². The van der Waals surface area contributed by atoms with Crippen molar-refractivity contribution in [3.05, 3.63) is 29.8 Å². The maximum atomic E-state index is 11.9. The van der Waals surface area contributed by atoms with E-state index in [2.05, 4.69) is 4.72 Å². The monoisotopic (exact) mass is 253 g/mol. The summed E-state index contributed by atoms with van der Waals surface area (Å²) >= 11 is 0. The molecule has 1 atom stereocenters. The summed E-state index contributed by atoms with van der Waals surface area (Å²) < 4.78 is 26.3. The standard InChI is InChI=1S/C11H15N3O2S/c1-2-10(8-13)14-17(15,16)11-5-3-9(7-12)4-6-11/h3-6,10,14H,2,8,13H2,1H3. The van der Waals surface area contributed by atoms with E-state index in [9.17, 15) is 8.42 Å². The Bertz CT molecular complexity index is 499. The van der Waals surface area contributed by atoms with Gasteiger partial charge in [0, 0.05) is 12.6 Å². The largest absolute Gasteiger partial charge is 0.329 e. The lowest BCUT2D eigenvalue weighted by atomic mass is 10.2. The van der Waals surface area contributed by atoms with Gasteiger partial charge in [-0.3, -0.25) is 0 Å². The Balaban J connectivity index is 2.93. The number of sulfonamides is 1. The van der Waals surface area contributed by atoms with Crippen LogP contribution in [0.3, 0.4) is 0 Å². The minimum Gasteiger partial charge on any atom is -0.329 e. The van der Waals surface area contributed by atoms with E-state index >= 15 is 0 Å². The zero-order chi connectivity index (χ0) is 12.9. The van der Waals surface area contributed by atoms with Gasteiger partial charge in [-0.1, -0.05) is 6.92 Å². The van der Waals surface area contributed by atoms with E-state index < -0.39 is 10.0 Å². The summed E-state index contributed by atoms with van der Waals surface area (Å²) in [5.41, 5.74) is 5.87. The normalized spacial score (nSPS) is 13.0. The van der Waals surface area contributed by atoms with Crippen LogP contribution in [0.1, 0.15) is 18.9 Å². The highest BCUT2D eigenvalue weighted by molar-refractivity contribution is 7.89. The van der Waals surface area contributed by atoms with Crippen LogP contribution in [0.25, 0.3) is 0 Å². The average Bonchev–Trinajstić information content (AvgIpc) is 2.36. The third-order valence-corrected chi connectivity index (χ3v) is 3.93. The molecule has 0 heterocycles. The predicted octanol–water partition coefficient (Wildman–Crippen LogP) is 0.574. The maximum absolute atomic E-state index is 11.9. The van der Waals surface area contributed by atoms with Crippen LogP contribution in [-0.2, 0) is 10.0 Å². The molecule has 0 spiro atoms. The smallest absolute Gasteiger partial charge is 0.240 e. The van der Waals surface area contributed by atoms with Gasteiger partial charge in [0.15, 0.2) is 0 Å². The molecular weight excluding hydrogens is 238 g/mol. The van der Waals surface area contributed by atoms with Crippen LogP contribution in [0.4, 0.5) is 0 Å². The lowest BCUT2D eigenvalue weighted by Gasteiger charge is -2.14. The van der Waals surface area contributed by atoms with Gasteiger partial charge in [-0.05, 0) is 30.7 Å². The summed E-state index contributed by atoms with van der Waals surface area (Å²) in [5.74, 6) is 0. The summed E-state index contributed by atoms with van der Waals surface area (Å²) in [5, 5.41) is 8.62. The van der Waals surface area contributed by atoms with Gasteiger partial charge in [-0.15, -0.1) is 0 Å². The summed E-state index contributed by atoms with van der Waals surface area (Å²) in [6.45, 7) is 2.12. The number of nitrogens with one attached hydrogen (secondary N) is 1. The molecule has 17 heavy (non-hydrogen) atoms. The third kappa shape index (κ3) is 3.53. The van der Waals surface area contributed by atoms with Gasteiger partial charge in [0.1, 0.15) is 0 Å². The predicted molar refractivity (Wildman–Crippen MR) is 64.6 cm³/mol. The van der Waals surface area contributed by atoms with Crippen molar-refractivity contribution in [3.63, 3.8) is 0 Å². The number of nitrogens with two attached hydrogens (primary N) is 1. The topological polar surface area (TPSA) is 96.0 Å². The fraction of sp³-hybridized carbons (Fsp3) is 0.364. The molecule has 0 aliphatic carbocycles. The van der Waals surface area contributed by atoms with E-state index in [0.717, 1.165) is 0 Å². The number of benzene rings is 1. The molecule has 1 aromatic carbocycles. The number of hydrogen-bond acceptors (Lipinski definition) is 4. The van der Waals surface area contributed by atoms with Crippen LogP contribution < -0.4 is 10.5 Å². The van der Waals surface area contributed by atoms with Crippen molar-refractivity contribution < 1.29 is 8.42 Å². The minimum atomic E-state index is -3.55. The van der Waals surface area contributed by atoms with E-state index in [1.165, 1.54) is 24.3 Å². The average molecular weight is 253 g/mol. The Kier molecular flexibility index (Phi) is 4.63. The van der Waals surface area contributed by atoms with Crippen LogP contribution in [0.5, 0.6) is 0 Å². The van der Waals surface area contributed by atoms with Gasteiger partial charge < -0.3 is 5.73 Å². The van der Waals surface area contributed by atoms with E-state index in [1.54, 1.807) is 0 Å². The van der Waals surface area contributed by atoms with Crippen molar-refractivity contribution in [3.8, 4) is 6.07 Å². The molecule has 0 radical (unpaired) electrons. The van der Waals surface area contributed by atoms with Gasteiger partial charge in [-0.25, -0.2) is 13.1 Å². The second kappa shape index (κ2) is 5.77. The molecule has 1 aromatic rings. The molecule has 0 aliphatic rings. The second-order valence-electron chi connectivity index (χ2n) is 3.60. The Morgan fingerprint density at radius 3 is 2.41 bits per heavy atom. The fourth-order valence-electron chi connectivity index (χ4n) is 1.29. The highest BCUT2D eigenvalue weighted by Gasteiger charge is 2.17. The Morgan fingerprint density at radius 2 is 2.00 bits per heavy atom. The van der Waals surface area contributed by atoms with Gasteiger partial charge in [0.25, 0.3) is 0 Å². The molecular formula is C11H15N3O2S. The summed E-state index contributed by atoms with van der Waals surface area (Å²) in [6, 6.07) is 7.42. The van der Waals surface area contributed by atoms with E-state index in [4.69, 9.17) is 11.0 Å². The zero-order valence-corrected chi connectivity index (χ0v) is 10.4. The molecule has 1 unspecified atom stereocenters. The van der Waals surface area contributed by atoms with Crippen molar-refractivity contribution in [1.82, 2.24) is 4.72 Å². The van der Waals surface area contributed by atoms with E-state index in [-0.39, 0.29) is 17.5 Å². The highest BCUT2D eigenvalue weighted by Crippen LogP contribution is 2.10. The quantitative estimate of drug-likeness (QED) is 0.802. The van der Waals surface area contributed by atoms with E-state index in [0.29, 0.717) is 12.0 Å². The number of nitrogens with zero attached hydrogens (tertiary/aromatic N) is 1. The molecule has 0 fully saturated rings. The number of rotatable bonds is 5. The van der Waals surface area contributed by atoms with Crippen LogP contribution in [0.15, 0.2) is 29.2 Å². The van der Waals surface area contributed by atoms with Crippen molar-refractivity contribution in [2.75, 3.05) is 6.54 Å². The Morgan fingerprint density at radius 1 is 1.41 bits per heavy atom. The van der Waals surface area contributed by atoms with Crippen LogP contribution >= 0.6 is 0 Å². The van der Waals surface area contributed by atoms with Gasteiger partial charge >= 0.3 is 0 Å². The summed E-state index contributed by atoms with van der Waals surface area (Å²) in [7, 11) is -3.55. The first-order valence-electron chi connectivity index (χ1n) is 5.26. The molecule has 6 heteroatoms. The van der Waals surface area contributed by atoms with Crippen LogP contribution in [0, 0.1) is 11.3 Å². The lowest BCUT2D eigenvalue weighted by Crippen LogP contribution is -2.39. The van der Waals surface area contributed by atoms with Gasteiger partial charge in [0.2, 0.25) is 10.0 Å². The molecule has 0 amide bonds. The molecule has 3 N–H and O–H groups in total. The first-order valence-corrected chi connectivity index (χ1v) is 6.74. The molecule has 0 aliphatic heterocycles. The zero-order valence-electron chi connectivity index (χ0n) is 9.55. The van der Waals surface area contributed by atoms with E-state index in [1.807, 2.05) is 13.0 Å². The summed E-state index contributed by atoms with van der Waals surface area (Å²) in [6.07, 6.45) is 0.631. The number of nitriles is 1. The Labute approximate surface area is 101 Å². The fourth-order valence-corrected chi connectivity index (χ4v) is 2.63. The molecule has 5 nitrogen and oxygen atoms in total. The molecule has 0 bridgehead atoms. The van der Waals surface area contributed by atoms with Crippen LogP contribution in [-0.4, -0.2) is 21.0 Å². The number of hydrogen-bond donors (Lipinski definition) is 2. The van der Waals surface area contributed by atoms with Crippen molar-refractivity contribution in [2.45, 2.75) is 24.3 Å². The minimum absolute atomic E-state index is 0.142. The summed E-state index contributed by atoms with van der Waals surface area (Å²) in [4.78, 5) is 0.142. The van der Waals surface area contributed by atoms with Crippen LogP contribution in [0.2, 0.25) is 0 Å². The second-order valence-corrected chi connectivity index (χ2v) is 5.31.